The zero-order chi connectivity index (χ0) is 15.4. The highest BCUT2D eigenvalue weighted by atomic mass is 35.5. The minimum atomic E-state index is -0.0529. The van der Waals surface area contributed by atoms with Crippen LogP contribution in [0.2, 0.25) is 5.02 Å². The van der Waals surface area contributed by atoms with Crippen LogP contribution in [0, 0.1) is 0 Å². The van der Waals surface area contributed by atoms with Crippen LogP contribution in [-0.4, -0.2) is 19.0 Å². The zero-order valence-corrected chi connectivity index (χ0v) is 13.1. The molecule has 0 bridgehead atoms. The molecule has 1 heterocycles. The minimum absolute atomic E-state index is 0.0529. The molecule has 2 aromatic rings. The van der Waals surface area contributed by atoms with E-state index < -0.39 is 0 Å². The van der Waals surface area contributed by atoms with Crippen molar-refractivity contribution in [2.75, 3.05) is 18.0 Å². The zero-order valence-electron chi connectivity index (χ0n) is 12.4. The van der Waals surface area contributed by atoms with E-state index in [1.165, 1.54) is 18.5 Å². The van der Waals surface area contributed by atoms with Crippen molar-refractivity contribution in [3.8, 4) is 0 Å². The van der Waals surface area contributed by atoms with Crippen LogP contribution in [0.5, 0.6) is 0 Å². The predicted octanol–water partition coefficient (Wildman–Crippen LogP) is 3.87. The third-order valence-electron chi connectivity index (χ3n) is 3.97. The first-order valence-corrected chi connectivity index (χ1v) is 7.98. The van der Waals surface area contributed by atoms with Gasteiger partial charge in [-0.15, -0.1) is 0 Å². The molecule has 0 aromatic heterocycles. The molecule has 1 N–H and O–H groups in total. The normalized spacial score (nSPS) is 14.1. The van der Waals surface area contributed by atoms with Gasteiger partial charge in [0.1, 0.15) is 0 Å². The van der Waals surface area contributed by atoms with Gasteiger partial charge in [0.2, 0.25) is 0 Å². The van der Waals surface area contributed by atoms with Crippen molar-refractivity contribution in [2.45, 2.75) is 19.4 Å². The van der Waals surface area contributed by atoms with Gasteiger partial charge in [-0.25, -0.2) is 0 Å². The van der Waals surface area contributed by atoms with Crippen molar-refractivity contribution in [1.82, 2.24) is 5.32 Å². The molecule has 1 aliphatic heterocycles. The van der Waals surface area contributed by atoms with Crippen LogP contribution in [0.3, 0.4) is 0 Å². The fraction of sp³-hybridized carbons (Fsp3) is 0.278. The summed E-state index contributed by atoms with van der Waals surface area (Å²) < 4.78 is 0. The van der Waals surface area contributed by atoms with Gasteiger partial charge < -0.3 is 10.2 Å². The van der Waals surface area contributed by atoms with E-state index in [1.807, 2.05) is 48.5 Å². The van der Waals surface area contributed by atoms with Crippen molar-refractivity contribution in [3.05, 3.63) is 64.7 Å². The maximum Gasteiger partial charge on any atom is 0.251 e. The van der Waals surface area contributed by atoms with Gasteiger partial charge in [0.25, 0.3) is 5.91 Å². The number of carbonyl (C=O) groups excluding carboxylic acids is 1. The molecule has 0 saturated carbocycles. The number of hydrogen-bond acceptors (Lipinski definition) is 2. The Balaban J connectivity index is 1.58. The number of nitrogens with zero attached hydrogens (tertiary/aromatic N) is 1. The Kier molecular flexibility index (Phi) is 4.64. The lowest BCUT2D eigenvalue weighted by Gasteiger charge is -2.17. The largest absolute Gasteiger partial charge is 0.372 e. The van der Waals surface area contributed by atoms with E-state index in [0.29, 0.717) is 17.1 Å². The van der Waals surface area contributed by atoms with Crippen LogP contribution < -0.4 is 10.2 Å². The first kappa shape index (κ1) is 14.9. The number of hydrogen-bond donors (Lipinski definition) is 1. The molecule has 0 atom stereocenters. The summed E-state index contributed by atoms with van der Waals surface area (Å²) in [7, 11) is 0. The monoisotopic (exact) mass is 314 g/mol. The highest BCUT2D eigenvalue weighted by Crippen LogP contribution is 2.20. The Morgan fingerprint density at radius 2 is 1.64 bits per heavy atom. The second-order valence-corrected chi connectivity index (χ2v) is 5.99. The summed E-state index contributed by atoms with van der Waals surface area (Å²) in [6, 6.07) is 15.3. The number of anilines is 1. The summed E-state index contributed by atoms with van der Waals surface area (Å²) in [6.45, 7) is 2.73. The van der Waals surface area contributed by atoms with Crippen LogP contribution in [0.4, 0.5) is 5.69 Å². The molecule has 0 radical (unpaired) electrons. The minimum Gasteiger partial charge on any atom is -0.372 e. The highest BCUT2D eigenvalue weighted by molar-refractivity contribution is 6.30. The molecular formula is C18H19ClN2O. The van der Waals surface area contributed by atoms with E-state index in [1.54, 1.807) is 0 Å². The maximum atomic E-state index is 12.2. The lowest BCUT2D eigenvalue weighted by Crippen LogP contribution is -2.23. The summed E-state index contributed by atoms with van der Waals surface area (Å²) in [4.78, 5) is 14.5. The lowest BCUT2D eigenvalue weighted by molar-refractivity contribution is 0.0951. The van der Waals surface area contributed by atoms with Crippen molar-refractivity contribution in [1.29, 1.82) is 0 Å². The van der Waals surface area contributed by atoms with Crippen LogP contribution in [-0.2, 0) is 6.54 Å². The fourth-order valence-electron chi connectivity index (χ4n) is 2.69. The van der Waals surface area contributed by atoms with Gasteiger partial charge in [0.15, 0.2) is 0 Å². The summed E-state index contributed by atoms with van der Waals surface area (Å²) in [6.07, 6.45) is 2.51. The Labute approximate surface area is 135 Å². The average Bonchev–Trinajstić information content (AvgIpc) is 3.09. The SMILES string of the molecule is O=C(NCc1ccc(Cl)cc1)c1ccc(N2CCCC2)cc1. The number of carbonyl (C=O) groups is 1. The van der Waals surface area contributed by atoms with E-state index in [9.17, 15) is 4.79 Å². The van der Waals surface area contributed by atoms with E-state index in [4.69, 9.17) is 11.6 Å². The highest BCUT2D eigenvalue weighted by Gasteiger charge is 2.12. The summed E-state index contributed by atoms with van der Waals surface area (Å²) in [5.41, 5.74) is 2.93. The Hall–Kier alpha value is -2.00. The second-order valence-electron chi connectivity index (χ2n) is 5.55. The number of nitrogens with one attached hydrogen (secondary N) is 1. The summed E-state index contributed by atoms with van der Waals surface area (Å²) >= 11 is 5.85. The fourth-order valence-corrected chi connectivity index (χ4v) is 2.81. The topological polar surface area (TPSA) is 32.3 Å². The molecule has 3 nitrogen and oxygen atoms in total. The molecule has 0 spiro atoms. The quantitative estimate of drug-likeness (QED) is 0.929. The Morgan fingerprint density at radius 1 is 1.00 bits per heavy atom. The third kappa shape index (κ3) is 3.60. The molecule has 2 aromatic carbocycles. The summed E-state index contributed by atoms with van der Waals surface area (Å²) in [5, 5.41) is 3.63. The Bertz CT molecular complexity index is 631. The Morgan fingerprint density at radius 3 is 2.27 bits per heavy atom. The van der Waals surface area contributed by atoms with E-state index in [-0.39, 0.29) is 5.91 Å². The maximum absolute atomic E-state index is 12.2. The molecule has 0 aliphatic carbocycles. The number of amides is 1. The van der Waals surface area contributed by atoms with Crippen LogP contribution in [0.15, 0.2) is 48.5 Å². The van der Waals surface area contributed by atoms with Crippen molar-refractivity contribution in [2.24, 2.45) is 0 Å². The first-order chi connectivity index (χ1) is 10.7. The van der Waals surface area contributed by atoms with Gasteiger partial charge in [-0.2, -0.15) is 0 Å². The van der Waals surface area contributed by atoms with Crippen molar-refractivity contribution < 1.29 is 4.79 Å². The van der Waals surface area contributed by atoms with Crippen molar-refractivity contribution in [3.63, 3.8) is 0 Å². The van der Waals surface area contributed by atoms with Crippen LogP contribution >= 0.6 is 11.6 Å². The molecule has 1 amide bonds. The van der Waals surface area contributed by atoms with Gasteiger partial charge >= 0.3 is 0 Å². The predicted molar refractivity (Wildman–Crippen MR) is 90.5 cm³/mol. The van der Waals surface area contributed by atoms with Crippen molar-refractivity contribution >= 4 is 23.2 Å². The second kappa shape index (κ2) is 6.84. The average molecular weight is 315 g/mol. The van der Waals surface area contributed by atoms with Crippen LogP contribution in [0.25, 0.3) is 0 Å². The van der Waals surface area contributed by atoms with Gasteiger partial charge in [-0.05, 0) is 54.8 Å². The standard InChI is InChI=1S/C18H19ClN2O/c19-16-7-3-14(4-8-16)13-20-18(22)15-5-9-17(10-6-15)21-11-1-2-12-21/h3-10H,1-2,11-13H2,(H,20,22). The third-order valence-corrected chi connectivity index (χ3v) is 4.22. The molecule has 0 unspecified atom stereocenters. The molecule has 1 saturated heterocycles. The lowest BCUT2D eigenvalue weighted by atomic mass is 10.1. The molecule has 1 fully saturated rings. The number of halogens is 1. The van der Waals surface area contributed by atoms with Gasteiger partial charge in [0, 0.05) is 35.9 Å². The smallest absolute Gasteiger partial charge is 0.251 e. The van der Waals surface area contributed by atoms with E-state index in [2.05, 4.69) is 10.2 Å². The van der Waals surface area contributed by atoms with Gasteiger partial charge in [-0.1, -0.05) is 23.7 Å². The molecule has 1 aliphatic rings. The molecular weight excluding hydrogens is 296 g/mol. The van der Waals surface area contributed by atoms with E-state index >= 15 is 0 Å². The summed E-state index contributed by atoms with van der Waals surface area (Å²) in [5.74, 6) is -0.0529. The van der Waals surface area contributed by atoms with E-state index in [0.717, 1.165) is 18.7 Å². The first-order valence-electron chi connectivity index (χ1n) is 7.60. The van der Waals surface area contributed by atoms with Gasteiger partial charge in [0.05, 0.1) is 0 Å². The number of rotatable bonds is 4. The molecule has 114 valence electrons. The molecule has 4 heteroatoms. The molecule has 3 rings (SSSR count). The van der Waals surface area contributed by atoms with Gasteiger partial charge in [-0.3, -0.25) is 4.79 Å². The molecule has 22 heavy (non-hydrogen) atoms. The number of benzene rings is 2. The van der Waals surface area contributed by atoms with Crippen LogP contribution in [0.1, 0.15) is 28.8 Å².